The minimum absolute atomic E-state index is 0.238. The highest BCUT2D eigenvalue weighted by molar-refractivity contribution is 7.90. The molecule has 5 nitrogen and oxygen atoms in total. The van der Waals surface area contributed by atoms with Crippen LogP contribution in [0.5, 0.6) is 0 Å². The quantitative estimate of drug-likeness (QED) is 0.340. The van der Waals surface area contributed by atoms with Gasteiger partial charge < -0.3 is 0 Å². The third-order valence-corrected chi connectivity index (χ3v) is 3.45. The van der Waals surface area contributed by atoms with Crippen LogP contribution in [0.3, 0.4) is 0 Å². The minimum atomic E-state index is -5.83. The van der Waals surface area contributed by atoms with Crippen LogP contribution in [-0.4, -0.2) is 36.9 Å². The van der Waals surface area contributed by atoms with Gasteiger partial charge in [-0.3, -0.25) is 14.1 Å². The van der Waals surface area contributed by atoms with Crippen LogP contribution in [0.15, 0.2) is 21.6 Å². The Morgan fingerprint density at radius 1 is 0.857 bits per heavy atom. The molecule has 0 atom stereocenters. The lowest BCUT2D eigenvalue weighted by Crippen LogP contribution is -2.38. The standard InChI is InChI=1S/C9H4F6O5S/c1-2-3(8(10,11)12)5(16)6(17)4(9(13,14)15)7(2)21(18,19)20/h1H3,(H,18,19,20). The van der Waals surface area contributed by atoms with Crippen LogP contribution in [0.2, 0.25) is 0 Å². The Morgan fingerprint density at radius 2 is 1.19 bits per heavy atom. The Balaban J connectivity index is 4.00. The van der Waals surface area contributed by atoms with Crippen LogP contribution >= 0.6 is 0 Å². The predicted molar refractivity (Wildman–Crippen MR) is 53.4 cm³/mol. The van der Waals surface area contributed by atoms with Crippen molar-refractivity contribution in [2.24, 2.45) is 0 Å². The van der Waals surface area contributed by atoms with E-state index in [1.807, 2.05) is 0 Å². The molecule has 0 aromatic heterocycles. The van der Waals surface area contributed by atoms with Crippen molar-refractivity contribution in [1.29, 1.82) is 0 Å². The first-order chi connectivity index (χ1) is 9.10. The Morgan fingerprint density at radius 3 is 1.48 bits per heavy atom. The maximum Gasteiger partial charge on any atom is 0.421 e. The third kappa shape index (κ3) is 3.00. The molecular formula is C9H4F6O5S. The van der Waals surface area contributed by atoms with Crippen LogP contribution in [0.1, 0.15) is 6.92 Å². The predicted octanol–water partition coefficient (Wildman–Crippen LogP) is 1.72. The molecule has 0 aromatic carbocycles. The molecular weight excluding hydrogens is 334 g/mol. The molecule has 0 bridgehead atoms. The summed E-state index contributed by atoms with van der Waals surface area (Å²) in [6.07, 6.45) is -11.3. The van der Waals surface area contributed by atoms with E-state index in [9.17, 15) is 44.3 Å². The fraction of sp³-hybridized carbons (Fsp3) is 0.333. The summed E-state index contributed by atoms with van der Waals surface area (Å²) in [7, 11) is -5.83. The molecule has 1 aliphatic rings. The van der Waals surface area contributed by atoms with E-state index in [2.05, 4.69) is 0 Å². The van der Waals surface area contributed by atoms with E-state index in [0.29, 0.717) is 0 Å². The number of hydrogen-bond donors (Lipinski definition) is 1. The number of allylic oxidation sites excluding steroid dienone is 3. The van der Waals surface area contributed by atoms with E-state index >= 15 is 0 Å². The zero-order valence-corrected chi connectivity index (χ0v) is 10.6. The summed E-state index contributed by atoms with van der Waals surface area (Å²) >= 11 is 0. The van der Waals surface area contributed by atoms with Crippen molar-refractivity contribution in [3.63, 3.8) is 0 Å². The molecule has 118 valence electrons. The van der Waals surface area contributed by atoms with Gasteiger partial charge in [-0.2, -0.15) is 34.8 Å². The van der Waals surface area contributed by atoms with Crippen LogP contribution in [-0.2, 0) is 19.7 Å². The number of hydrogen-bond acceptors (Lipinski definition) is 4. The summed E-state index contributed by atoms with van der Waals surface area (Å²) in [6.45, 7) is 0.238. The van der Waals surface area contributed by atoms with Crippen LogP contribution in [0.25, 0.3) is 0 Å². The van der Waals surface area contributed by atoms with Crippen LogP contribution < -0.4 is 0 Å². The van der Waals surface area contributed by atoms with Crippen LogP contribution in [0, 0.1) is 0 Å². The highest BCUT2D eigenvalue weighted by atomic mass is 32.2. The molecule has 0 radical (unpaired) electrons. The van der Waals surface area contributed by atoms with E-state index < -0.39 is 55.7 Å². The minimum Gasteiger partial charge on any atom is -0.285 e. The van der Waals surface area contributed by atoms with Gasteiger partial charge in [0, 0.05) is 0 Å². The van der Waals surface area contributed by atoms with Crippen molar-refractivity contribution >= 4 is 21.7 Å². The average molecular weight is 338 g/mol. The second-order valence-electron chi connectivity index (χ2n) is 3.83. The lowest BCUT2D eigenvalue weighted by Gasteiger charge is -2.23. The number of carbonyl (C=O) groups is 2. The van der Waals surface area contributed by atoms with Crippen molar-refractivity contribution in [2.45, 2.75) is 19.3 Å². The Labute approximate surface area is 112 Å². The molecule has 0 saturated heterocycles. The molecule has 1 N–H and O–H groups in total. The molecule has 0 unspecified atom stereocenters. The van der Waals surface area contributed by atoms with E-state index in [-0.39, 0.29) is 6.92 Å². The van der Waals surface area contributed by atoms with Crippen LogP contribution in [0.4, 0.5) is 26.3 Å². The Kier molecular flexibility index (Phi) is 3.85. The molecule has 0 amide bonds. The zero-order chi connectivity index (χ0) is 17.0. The SMILES string of the molecule is CC1=C(C(F)(F)F)C(=O)C(=O)C(C(F)(F)F)=C1S(=O)(=O)O. The van der Waals surface area contributed by atoms with E-state index in [1.54, 1.807) is 0 Å². The smallest absolute Gasteiger partial charge is 0.285 e. The van der Waals surface area contributed by atoms with Crippen molar-refractivity contribution in [2.75, 3.05) is 0 Å². The molecule has 1 aliphatic carbocycles. The lowest BCUT2D eigenvalue weighted by molar-refractivity contribution is -0.146. The first-order valence-electron chi connectivity index (χ1n) is 4.76. The van der Waals surface area contributed by atoms with Crippen molar-refractivity contribution in [3.8, 4) is 0 Å². The molecule has 0 aliphatic heterocycles. The fourth-order valence-corrected chi connectivity index (χ4v) is 2.68. The molecule has 0 spiro atoms. The highest BCUT2D eigenvalue weighted by Gasteiger charge is 2.55. The van der Waals surface area contributed by atoms with Gasteiger partial charge in [0.1, 0.15) is 16.1 Å². The second-order valence-corrected chi connectivity index (χ2v) is 5.19. The lowest BCUT2D eigenvalue weighted by atomic mass is 9.89. The van der Waals surface area contributed by atoms with Gasteiger partial charge >= 0.3 is 12.4 Å². The van der Waals surface area contributed by atoms with Gasteiger partial charge in [0.15, 0.2) is 0 Å². The number of alkyl halides is 6. The molecule has 21 heavy (non-hydrogen) atoms. The van der Waals surface area contributed by atoms with Gasteiger partial charge in [-0.25, -0.2) is 0 Å². The number of carbonyl (C=O) groups excluding carboxylic acids is 2. The average Bonchev–Trinajstić information content (AvgIpc) is 2.17. The summed E-state index contributed by atoms with van der Waals surface area (Å²) in [5.41, 5.74) is -6.71. The molecule has 1 rings (SSSR count). The number of rotatable bonds is 1. The highest BCUT2D eigenvalue weighted by Crippen LogP contribution is 2.42. The second kappa shape index (κ2) is 4.66. The summed E-state index contributed by atoms with van der Waals surface area (Å²) in [6, 6.07) is 0. The monoisotopic (exact) mass is 338 g/mol. The van der Waals surface area contributed by atoms with Gasteiger partial charge in [0.05, 0.1) is 0 Å². The van der Waals surface area contributed by atoms with E-state index in [1.165, 1.54) is 0 Å². The normalized spacial score (nSPS) is 18.7. The zero-order valence-electron chi connectivity index (χ0n) is 9.76. The fourth-order valence-electron chi connectivity index (χ4n) is 1.72. The Bertz CT molecular complexity index is 691. The molecule has 12 heteroatoms. The molecule has 0 heterocycles. The first kappa shape index (κ1) is 17.4. The van der Waals surface area contributed by atoms with E-state index in [4.69, 9.17) is 4.55 Å². The maximum absolute atomic E-state index is 12.6. The van der Waals surface area contributed by atoms with E-state index in [0.717, 1.165) is 0 Å². The maximum atomic E-state index is 12.6. The molecule has 0 fully saturated rings. The summed E-state index contributed by atoms with van der Waals surface area (Å²) in [5.74, 6) is -5.24. The van der Waals surface area contributed by atoms with Crippen molar-refractivity contribution < 1.29 is 48.9 Å². The van der Waals surface area contributed by atoms with Gasteiger partial charge in [-0.1, -0.05) is 0 Å². The third-order valence-electron chi connectivity index (χ3n) is 2.43. The van der Waals surface area contributed by atoms with Crippen molar-refractivity contribution in [1.82, 2.24) is 0 Å². The summed E-state index contributed by atoms with van der Waals surface area (Å²) in [5, 5.41) is 0. The van der Waals surface area contributed by atoms with Gasteiger partial charge in [-0.15, -0.1) is 0 Å². The largest absolute Gasteiger partial charge is 0.421 e. The molecule has 0 saturated carbocycles. The van der Waals surface area contributed by atoms with Gasteiger partial charge in [0.25, 0.3) is 10.1 Å². The Hall–Kier alpha value is -1.69. The first-order valence-corrected chi connectivity index (χ1v) is 6.20. The molecule has 0 aromatic rings. The van der Waals surface area contributed by atoms with Gasteiger partial charge in [-0.05, 0) is 12.5 Å². The number of halogens is 6. The number of Topliss-reactive ketones (excluding diaryl/α,β-unsaturated/α-hetero) is 2. The summed E-state index contributed by atoms with van der Waals surface area (Å²) < 4.78 is 106. The summed E-state index contributed by atoms with van der Waals surface area (Å²) in [4.78, 5) is 20.1. The van der Waals surface area contributed by atoms with Gasteiger partial charge in [0.2, 0.25) is 11.6 Å². The van der Waals surface area contributed by atoms with Crippen molar-refractivity contribution in [3.05, 3.63) is 21.6 Å². The topological polar surface area (TPSA) is 88.5 Å². The number of ketones is 2.